The van der Waals surface area contributed by atoms with Crippen molar-refractivity contribution in [2.24, 2.45) is 0 Å². The molecule has 2 atom stereocenters. The van der Waals surface area contributed by atoms with Crippen LogP contribution in [-0.4, -0.2) is 29.9 Å². The maximum Gasteiger partial charge on any atom is 0.337 e. The van der Waals surface area contributed by atoms with E-state index in [2.05, 4.69) is 0 Å². The number of allylic oxidation sites excluding steroid dienone is 1. The summed E-state index contributed by atoms with van der Waals surface area (Å²) in [5.74, 6) is 0.284. The molecular formula is C12H20O4. The first-order valence-corrected chi connectivity index (χ1v) is 5.81. The van der Waals surface area contributed by atoms with Crippen molar-refractivity contribution < 1.29 is 19.4 Å². The van der Waals surface area contributed by atoms with Crippen LogP contribution in [0.25, 0.3) is 0 Å². The highest BCUT2D eigenvalue weighted by Crippen LogP contribution is 2.26. The smallest absolute Gasteiger partial charge is 0.337 e. The number of carbonyl (C=O) groups excluding carboxylic acids is 1. The van der Waals surface area contributed by atoms with Gasteiger partial charge >= 0.3 is 5.97 Å². The first kappa shape index (κ1) is 13.0. The minimum Gasteiger partial charge on any atom is -0.492 e. The Labute approximate surface area is 96.2 Å². The standard InChI is InChI=1S/C12H20O4/c1-4-10(13)11-7-6-9(8(3)16-11)12(14)15-5-2/h10-11,13H,4-7H2,1-3H3. The van der Waals surface area contributed by atoms with E-state index in [4.69, 9.17) is 9.47 Å². The molecule has 92 valence electrons. The number of esters is 1. The minimum absolute atomic E-state index is 0.192. The summed E-state index contributed by atoms with van der Waals surface area (Å²) in [7, 11) is 0. The van der Waals surface area contributed by atoms with Crippen LogP contribution in [0, 0.1) is 0 Å². The molecule has 0 saturated carbocycles. The molecule has 0 radical (unpaired) electrons. The van der Waals surface area contributed by atoms with Crippen LogP contribution in [0.2, 0.25) is 0 Å². The van der Waals surface area contributed by atoms with Gasteiger partial charge in [0.1, 0.15) is 11.9 Å². The van der Waals surface area contributed by atoms with E-state index in [1.165, 1.54) is 0 Å². The normalized spacial score (nSPS) is 22.6. The molecule has 0 saturated heterocycles. The number of aliphatic hydroxyl groups is 1. The number of rotatable bonds is 4. The van der Waals surface area contributed by atoms with E-state index in [-0.39, 0.29) is 12.1 Å². The molecule has 4 heteroatoms. The highest BCUT2D eigenvalue weighted by atomic mass is 16.5. The molecule has 1 aliphatic rings. The van der Waals surface area contributed by atoms with Crippen LogP contribution in [0.1, 0.15) is 40.0 Å². The fourth-order valence-corrected chi connectivity index (χ4v) is 1.82. The lowest BCUT2D eigenvalue weighted by molar-refractivity contribution is -0.139. The van der Waals surface area contributed by atoms with Crippen molar-refractivity contribution >= 4 is 5.97 Å². The summed E-state index contributed by atoms with van der Waals surface area (Å²) >= 11 is 0. The van der Waals surface area contributed by atoms with Crippen molar-refractivity contribution in [3.8, 4) is 0 Å². The quantitative estimate of drug-likeness (QED) is 0.745. The summed E-state index contributed by atoms with van der Waals surface area (Å²) in [6.07, 6.45) is 1.29. The van der Waals surface area contributed by atoms with Crippen molar-refractivity contribution in [1.82, 2.24) is 0 Å². The van der Waals surface area contributed by atoms with Crippen LogP contribution in [0.4, 0.5) is 0 Å². The molecule has 0 spiro atoms. The van der Waals surface area contributed by atoms with E-state index in [0.29, 0.717) is 37.2 Å². The number of ether oxygens (including phenoxy) is 2. The molecule has 0 aromatic heterocycles. The van der Waals surface area contributed by atoms with Gasteiger partial charge in [-0.15, -0.1) is 0 Å². The topological polar surface area (TPSA) is 55.8 Å². The molecule has 1 heterocycles. The maximum atomic E-state index is 11.5. The lowest BCUT2D eigenvalue weighted by Gasteiger charge is -2.29. The van der Waals surface area contributed by atoms with Crippen molar-refractivity contribution in [3.05, 3.63) is 11.3 Å². The zero-order valence-corrected chi connectivity index (χ0v) is 10.2. The van der Waals surface area contributed by atoms with Gasteiger partial charge in [-0.2, -0.15) is 0 Å². The zero-order valence-electron chi connectivity index (χ0n) is 10.2. The van der Waals surface area contributed by atoms with Gasteiger partial charge in [-0.05, 0) is 33.1 Å². The van der Waals surface area contributed by atoms with Gasteiger partial charge in [0.15, 0.2) is 0 Å². The van der Waals surface area contributed by atoms with E-state index in [9.17, 15) is 9.90 Å². The third kappa shape index (κ3) is 2.98. The summed E-state index contributed by atoms with van der Waals surface area (Å²) in [6.45, 7) is 5.81. The second-order valence-corrected chi connectivity index (χ2v) is 3.93. The molecule has 1 rings (SSSR count). The molecule has 2 unspecified atom stereocenters. The Hall–Kier alpha value is -1.03. The Kier molecular flexibility index (Phi) is 4.80. The van der Waals surface area contributed by atoms with Crippen LogP contribution >= 0.6 is 0 Å². The summed E-state index contributed by atoms with van der Waals surface area (Å²) in [4.78, 5) is 11.5. The first-order valence-electron chi connectivity index (χ1n) is 5.81. The molecule has 1 N–H and O–H groups in total. The van der Waals surface area contributed by atoms with Gasteiger partial charge < -0.3 is 14.6 Å². The van der Waals surface area contributed by atoms with Crippen LogP contribution in [-0.2, 0) is 14.3 Å². The molecule has 4 nitrogen and oxygen atoms in total. The average Bonchev–Trinajstić information content (AvgIpc) is 2.28. The number of carbonyl (C=O) groups is 1. The average molecular weight is 228 g/mol. The molecule has 0 aromatic carbocycles. The van der Waals surface area contributed by atoms with Crippen molar-refractivity contribution in [1.29, 1.82) is 0 Å². The second kappa shape index (κ2) is 5.89. The summed E-state index contributed by atoms with van der Waals surface area (Å²) in [6, 6.07) is 0. The van der Waals surface area contributed by atoms with Crippen molar-refractivity contribution in [2.45, 2.75) is 52.2 Å². The van der Waals surface area contributed by atoms with Gasteiger partial charge in [-0.25, -0.2) is 4.79 Å². The van der Waals surface area contributed by atoms with E-state index >= 15 is 0 Å². The van der Waals surface area contributed by atoms with E-state index in [1.54, 1.807) is 13.8 Å². The molecule has 0 amide bonds. The fourth-order valence-electron chi connectivity index (χ4n) is 1.82. The lowest BCUT2D eigenvalue weighted by Crippen LogP contribution is -2.32. The van der Waals surface area contributed by atoms with Gasteiger partial charge in [0, 0.05) is 0 Å². The Balaban J connectivity index is 2.66. The predicted octanol–water partition coefficient (Wildman–Crippen LogP) is 1.77. The molecule has 0 bridgehead atoms. The van der Waals surface area contributed by atoms with E-state index < -0.39 is 6.10 Å². The van der Waals surface area contributed by atoms with Crippen LogP contribution in [0.5, 0.6) is 0 Å². The van der Waals surface area contributed by atoms with Gasteiger partial charge in [0.2, 0.25) is 0 Å². The van der Waals surface area contributed by atoms with Crippen LogP contribution in [0.3, 0.4) is 0 Å². The SMILES string of the molecule is CCOC(=O)C1=C(C)OC(C(O)CC)CC1. The summed E-state index contributed by atoms with van der Waals surface area (Å²) in [5.41, 5.74) is 0.599. The molecule has 16 heavy (non-hydrogen) atoms. The summed E-state index contributed by atoms with van der Waals surface area (Å²) < 4.78 is 10.5. The van der Waals surface area contributed by atoms with E-state index in [1.807, 2.05) is 6.92 Å². The third-order valence-corrected chi connectivity index (χ3v) is 2.80. The third-order valence-electron chi connectivity index (χ3n) is 2.80. The van der Waals surface area contributed by atoms with Gasteiger partial charge in [0.25, 0.3) is 0 Å². The molecule has 0 fully saturated rings. The fraction of sp³-hybridized carbons (Fsp3) is 0.750. The highest BCUT2D eigenvalue weighted by Gasteiger charge is 2.28. The molecule has 1 aliphatic heterocycles. The number of hydrogen-bond donors (Lipinski definition) is 1. The molecular weight excluding hydrogens is 208 g/mol. The predicted molar refractivity (Wildman–Crippen MR) is 59.7 cm³/mol. The van der Waals surface area contributed by atoms with Crippen LogP contribution < -0.4 is 0 Å². The largest absolute Gasteiger partial charge is 0.492 e. The Bertz CT molecular complexity index is 283. The minimum atomic E-state index is -0.460. The zero-order chi connectivity index (χ0) is 12.1. The number of aliphatic hydroxyl groups excluding tert-OH is 1. The van der Waals surface area contributed by atoms with Gasteiger partial charge in [-0.1, -0.05) is 6.92 Å². The highest BCUT2D eigenvalue weighted by molar-refractivity contribution is 5.89. The number of hydrogen-bond acceptors (Lipinski definition) is 4. The lowest BCUT2D eigenvalue weighted by atomic mass is 9.98. The Morgan fingerprint density at radius 3 is 2.81 bits per heavy atom. The second-order valence-electron chi connectivity index (χ2n) is 3.93. The monoisotopic (exact) mass is 228 g/mol. The molecule has 0 aromatic rings. The van der Waals surface area contributed by atoms with Crippen molar-refractivity contribution in [2.75, 3.05) is 6.61 Å². The maximum absolute atomic E-state index is 11.5. The first-order chi connectivity index (χ1) is 7.60. The summed E-state index contributed by atoms with van der Waals surface area (Å²) in [5, 5.41) is 9.66. The van der Waals surface area contributed by atoms with Gasteiger partial charge in [0.05, 0.1) is 18.3 Å². The molecule has 0 aliphatic carbocycles. The van der Waals surface area contributed by atoms with Crippen LogP contribution in [0.15, 0.2) is 11.3 Å². The Morgan fingerprint density at radius 1 is 1.62 bits per heavy atom. The van der Waals surface area contributed by atoms with Crippen molar-refractivity contribution in [3.63, 3.8) is 0 Å². The van der Waals surface area contributed by atoms with E-state index in [0.717, 1.165) is 0 Å². The van der Waals surface area contributed by atoms with Gasteiger partial charge in [-0.3, -0.25) is 0 Å². The Morgan fingerprint density at radius 2 is 2.31 bits per heavy atom.